The number of allylic oxidation sites excluding steroid dienone is 1. The van der Waals surface area contributed by atoms with E-state index in [1.165, 1.54) is 12.1 Å². The normalized spacial score (nSPS) is 12.5. The molecule has 0 amide bonds. The number of ether oxygens (including phenoxy) is 1. The topological polar surface area (TPSA) is 106 Å². The van der Waals surface area contributed by atoms with Crippen molar-refractivity contribution < 1.29 is 17.9 Å². The zero-order chi connectivity index (χ0) is 19.6. The number of benzene rings is 1. The van der Waals surface area contributed by atoms with Crippen molar-refractivity contribution in [1.29, 1.82) is 15.8 Å². The van der Waals surface area contributed by atoms with Gasteiger partial charge in [0.05, 0.1) is 9.81 Å². The predicted molar refractivity (Wildman–Crippen MR) is 88.8 cm³/mol. The highest BCUT2D eigenvalue weighted by molar-refractivity contribution is 8.24. The summed E-state index contributed by atoms with van der Waals surface area (Å²) >= 11 is 2.20. The maximum atomic E-state index is 12.2. The summed E-state index contributed by atoms with van der Waals surface area (Å²) in [6.45, 7) is 0. The third-order valence-electron chi connectivity index (χ3n) is 3.12. The lowest BCUT2D eigenvalue weighted by molar-refractivity contribution is -0.274. The molecular formula is C16H4F3N5OS2. The van der Waals surface area contributed by atoms with Crippen LogP contribution in [0.3, 0.4) is 0 Å². The average molecular weight is 403 g/mol. The molecule has 0 atom stereocenters. The molecule has 0 spiro atoms. The molecule has 0 unspecified atom stereocenters. The van der Waals surface area contributed by atoms with E-state index in [1.54, 1.807) is 12.1 Å². The summed E-state index contributed by atoms with van der Waals surface area (Å²) in [5.74, 6) is -0.399. The standard InChI is InChI=1S/C16H4F3N5OS2/c17-16(18,19)25-9-3-1-8(2-4-9)10(5-20)15-26-13-14(27-15)24-12(7-22)11(6-21)23-13/h1-4H. The van der Waals surface area contributed by atoms with Crippen molar-refractivity contribution in [2.45, 2.75) is 16.4 Å². The van der Waals surface area contributed by atoms with Crippen molar-refractivity contribution in [1.82, 2.24) is 9.97 Å². The molecule has 0 aliphatic carbocycles. The summed E-state index contributed by atoms with van der Waals surface area (Å²) in [5, 5.41) is 28.3. The molecule has 0 bridgehead atoms. The average Bonchev–Trinajstić information content (AvgIpc) is 3.03. The van der Waals surface area contributed by atoms with Crippen LogP contribution in [0.2, 0.25) is 0 Å². The van der Waals surface area contributed by atoms with Crippen molar-refractivity contribution in [3.8, 4) is 24.0 Å². The molecule has 1 aromatic heterocycles. The van der Waals surface area contributed by atoms with Gasteiger partial charge in [-0.25, -0.2) is 9.97 Å². The molecule has 1 aromatic carbocycles. The van der Waals surface area contributed by atoms with Gasteiger partial charge in [0.25, 0.3) is 0 Å². The van der Waals surface area contributed by atoms with E-state index in [4.69, 9.17) is 10.5 Å². The van der Waals surface area contributed by atoms with Crippen LogP contribution in [-0.2, 0) is 0 Å². The summed E-state index contributed by atoms with van der Waals surface area (Å²) in [6.07, 6.45) is -4.80. The monoisotopic (exact) mass is 403 g/mol. The number of alkyl halides is 3. The number of nitrogens with zero attached hydrogens (tertiary/aromatic N) is 5. The van der Waals surface area contributed by atoms with E-state index in [-0.39, 0.29) is 17.0 Å². The van der Waals surface area contributed by atoms with Crippen LogP contribution in [0.4, 0.5) is 13.2 Å². The Bertz CT molecular complexity index is 1030. The lowest BCUT2D eigenvalue weighted by Gasteiger charge is -2.09. The van der Waals surface area contributed by atoms with Crippen molar-refractivity contribution >= 4 is 29.1 Å². The summed E-state index contributed by atoms with van der Waals surface area (Å²) in [4.78, 5) is 8.13. The molecule has 0 saturated heterocycles. The van der Waals surface area contributed by atoms with Crippen molar-refractivity contribution in [2.75, 3.05) is 0 Å². The number of rotatable bonds is 2. The smallest absolute Gasteiger partial charge is 0.406 e. The van der Waals surface area contributed by atoms with E-state index in [0.717, 1.165) is 35.7 Å². The highest BCUT2D eigenvalue weighted by Crippen LogP contribution is 2.52. The molecule has 0 radical (unpaired) electrons. The lowest BCUT2D eigenvalue weighted by Crippen LogP contribution is -2.16. The van der Waals surface area contributed by atoms with Gasteiger partial charge in [-0.2, -0.15) is 15.8 Å². The molecule has 1 aliphatic heterocycles. The second-order valence-corrected chi connectivity index (χ2v) is 7.06. The Morgan fingerprint density at radius 3 is 1.85 bits per heavy atom. The van der Waals surface area contributed by atoms with Crippen LogP contribution >= 0.6 is 23.5 Å². The Morgan fingerprint density at radius 1 is 0.926 bits per heavy atom. The van der Waals surface area contributed by atoms with E-state index in [9.17, 15) is 18.4 Å². The number of hydrogen-bond acceptors (Lipinski definition) is 8. The fraction of sp³-hybridized carbons (Fsp3) is 0.0625. The summed E-state index contributed by atoms with van der Waals surface area (Å²) in [7, 11) is 0. The Hall–Kier alpha value is -3.20. The van der Waals surface area contributed by atoms with E-state index < -0.39 is 12.1 Å². The van der Waals surface area contributed by atoms with Gasteiger partial charge in [-0.05, 0) is 29.8 Å². The van der Waals surface area contributed by atoms with Gasteiger partial charge in [-0.3, -0.25) is 0 Å². The second kappa shape index (κ2) is 7.20. The zero-order valence-electron chi connectivity index (χ0n) is 12.9. The molecule has 3 rings (SSSR count). The van der Waals surface area contributed by atoms with Crippen LogP contribution in [0.1, 0.15) is 17.0 Å². The highest BCUT2D eigenvalue weighted by atomic mass is 32.2. The van der Waals surface area contributed by atoms with Gasteiger partial charge >= 0.3 is 6.36 Å². The first kappa shape index (κ1) is 18.6. The number of aromatic nitrogens is 2. The summed E-state index contributed by atoms with van der Waals surface area (Å²) in [5.41, 5.74) is 0.367. The first-order valence-corrected chi connectivity index (χ1v) is 8.56. The molecule has 1 aliphatic rings. The molecule has 0 saturated carbocycles. The van der Waals surface area contributed by atoms with Crippen LogP contribution in [0.25, 0.3) is 5.57 Å². The van der Waals surface area contributed by atoms with Crippen LogP contribution < -0.4 is 4.74 Å². The van der Waals surface area contributed by atoms with Crippen molar-refractivity contribution in [2.24, 2.45) is 0 Å². The Kier molecular flexibility index (Phi) is 4.95. The summed E-state index contributed by atoms with van der Waals surface area (Å²) in [6, 6.07) is 10.5. The molecule has 0 fully saturated rings. The Balaban J connectivity index is 1.94. The molecule has 6 nitrogen and oxygen atoms in total. The third-order valence-corrected chi connectivity index (χ3v) is 5.48. The zero-order valence-corrected chi connectivity index (χ0v) is 14.5. The molecule has 132 valence electrons. The van der Waals surface area contributed by atoms with Gasteiger partial charge in [-0.15, -0.1) is 13.2 Å². The van der Waals surface area contributed by atoms with Crippen LogP contribution in [0, 0.1) is 34.0 Å². The quantitative estimate of drug-likeness (QED) is 0.687. The fourth-order valence-electron chi connectivity index (χ4n) is 2.04. The first-order valence-electron chi connectivity index (χ1n) is 6.93. The number of nitriles is 3. The third kappa shape index (κ3) is 3.98. The SMILES string of the molecule is N#CC(=C1Sc2nc(C#N)c(C#N)nc2S1)c1ccc(OC(F)(F)F)cc1. The largest absolute Gasteiger partial charge is 0.573 e. The molecule has 27 heavy (non-hydrogen) atoms. The first-order chi connectivity index (χ1) is 12.8. The van der Waals surface area contributed by atoms with E-state index in [1.807, 2.05) is 6.07 Å². The van der Waals surface area contributed by atoms with Crippen LogP contribution in [-0.4, -0.2) is 16.3 Å². The number of halogens is 3. The minimum absolute atomic E-state index is 0.113. The van der Waals surface area contributed by atoms with E-state index in [2.05, 4.69) is 14.7 Å². The van der Waals surface area contributed by atoms with Crippen LogP contribution in [0.15, 0.2) is 38.6 Å². The maximum Gasteiger partial charge on any atom is 0.573 e. The van der Waals surface area contributed by atoms with Gasteiger partial charge in [0, 0.05) is 0 Å². The van der Waals surface area contributed by atoms with Crippen molar-refractivity contribution in [3.63, 3.8) is 0 Å². The number of thioether (sulfide) groups is 2. The predicted octanol–water partition coefficient (Wildman–Crippen LogP) is 4.21. The molecule has 11 heteroatoms. The lowest BCUT2D eigenvalue weighted by atomic mass is 10.1. The molecule has 2 heterocycles. The Labute approximate surface area is 158 Å². The Morgan fingerprint density at radius 2 is 1.44 bits per heavy atom. The maximum absolute atomic E-state index is 12.2. The van der Waals surface area contributed by atoms with Gasteiger partial charge < -0.3 is 4.74 Å². The van der Waals surface area contributed by atoms with Gasteiger partial charge in [0.2, 0.25) is 0 Å². The molecular weight excluding hydrogens is 399 g/mol. The van der Waals surface area contributed by atoms with Gasteiger partial charge in [-0.1, -0.05) is 23.5 Å². The number of hydrogen-bond donors (Lipinski definition) is 0. The van der Waals surface area contributed by atoms with Gasteiger partial charge in [0.1, 0.15) is 34.0 Å². The van der Waals surface area contributed by atoms with E-state index >= 15 is 0 Å². The van der Waals surface area contributed by atoms with Crippen LogP contribution in [0.5, 0.6) is 5.75 Å². The van der Waals surface area contributed by atoms with Crippen molar-refractivity contribution in [3.05, 3.63) is 45.5 Å². The molecule has 2 aromatic rings. The fourth-order valence-corrected chi connectivity index (χ4v) is 4.36. The minimum Gasteiger partial charge on any atom is -0.406 e. The second-order valence-electron chi connectivity index (χ2n) is 4.81. The number of fused-ring (bicyclic) bond motifs is 1. The van der Waals surface area contributed by atoms with Gasteiger partial charge in [0.15, 0.2) is 11.4 Å². The highest BCUT2D eigenvalue weighted by Gasteiger charge is 2.31. The summed E-state index contributed by atoms with van der Waals surface area (Å²) < 4.78 is 41.0. The minimum atomic E-state index is -4.80. The van der Waals surface area contributed by atoms with E-state index in [0.29, 0.717) is 19.9 Å². The molecule has 0 N–H and O–H groups in total.